The van der Waals surface area contributed by atoms with E-state index in [1.807, 2.05) is 0 Å². The third kappa shape index (κ3) is 6.35. The standard InChI is InChI=1S/C24H16ClF3N2O5S/c1-34-21-10-7-15(12-22(21)35-36(32,33)18-5-3-2-4-6-18)11-16(14-29)23(31)30-20-13-17(24(26,27)28)8-9-19(20)25/h2-13H,1H3,(H,30,31)/b16-11+. The Morgan fingerprint density at radius 1 is 1.06 bits per heavy atom. The van der Waals surface area contributed by atoms with Gasteiger partial charge in [-0.2, -0.15) is 26.9 Å². The van der Waals surface area contributed by atoms with E-state index in [0.29, 0.717) is 6.07 Å². The number of anilines is 1. The van der Waals surface area contributed by atoms with Gasteiger partial charge in [0.2, 0.25) is 0 Å². The number of nitrogens with one attached hydrogen (secondary N) is 1. The molecule has 0 aromatic heterocycles. The van der Waals surface area contributed by atoms with Crippen molar-refractivity contribution in [2.24, 2.45) is 0 Å². The van der Waals surface area contributed by atoms with Gasteiger partial charge in [0.25, 0.3) is 5.91 Å². The minimum absolute atomic E-state index is 0.0605. The summed E-state index contributed by atoms with van der Waals surface area (Å²) in [6.45, 7) is 0. The van der Waals surface area contributed by atoms with E-state index < -0.39 is 33.3 Å². The molecule has 0 fully saturated rings. The summed E-state index contributed by atoms with van der Waals surface area (Å²) in [5, 5.41) is 11.5. The molecule has 0 atom stereocenters. The highest BCUT2D eigenvalue weighted by Crippen LogP contribution is 2.34. The van der Waals surface area contributed by atoms with Crippen LogP contribution in [0.2, 0.25) is 5.02 Å². The van der Waals surface area contributed by atoms with E-state index in [1.165, 1.54) is 49.6 Å². The van der Waals surface area contributed by atoms with Gasteiger partial charge in [-0.3, -0.25) is 4.79 Å². The molecule has 186 valence electrons. The van der Waals surface area contributed by atoms with Gasteiger partial charge < -0.3 is 14.2 Å². The van der Waals surface area contributed by atoms with Crippen LogP contribution in [0, 0.1) is 11.3 Å². The molecular formula is C24H16ClF3N2O5S. The maximum absolute atomic E-state index is 13.0. The Labute approximate surface area is 209 Å². The van der Waals surface area contributed by atoms with E-state index in [2.05, 4.69) is 5.32 Å². The Balaban J connectivity index is 1.91. The number of halogens is 4. The molecule has 0 heterocycles. The van der Waals surface area contributed by atoms with Crippen LogP contribution in [0.15, 0.2) is 77.2 Å². The summed E-state index contributed by atoms with van der Waals surface area (Å²) in [7, 11) is -2.93. The number of nitriles is 1. The van der Waals surface area contributed by atoms with Gasteiger partial charge in [-0.05, 0) is 54.1 Å². The van der Waals surface area contributed by atoms with Crippen molar-refractivity contribution in [2.45, 2.75) is 11.1 Å². The first-order valence-electron chi connectivity index (χ1n) is 9.92. The summed E-state index contributed by atoms with van der Waals surface area (Å²) in [4.78, 5) is 12.5. The molecular weight excluding hydrogens is 521 g/mol. The molecule has 0 unspecified atom stereocenters. The van der Waals surface area contributed by atoms with Crippen LogP contribution in [0.5, 0.6) is 11.5 Å². The number of amides is 1. The molecule has 3 aromatic rings. The molecule has 0 radical (unpaired) electrons. The Hall–Kier alpha value is -4.01. The molecule has 0 bridgehead atoms. The molecule has 7 nitrogen and oxygen atoms in total. The number of hydrogen-bond donors (Lipinski definition) is 1. The molecule has 0 aliphatic heterocycles. The van der Waals surface area contributed by atoms with Crippen LogP contribution >= 0.6 is 11.6 Å². The maximum atomic E-state index is 13.0. The summed E-state index contributed by atoms with van der Waals surface area (Å²) < 4.78 is 74.5. The number of rotatable bonds is 7. The van der Waals surface area contributed by atoms with E-state index in [4.69, 9.17) is 20.5 Å². The molecule has 3 rings (SSSR count). The predicted octanol–water partition coefficient (Wildman–Crippen LogP) is 5.68. The van der Waals surface area contributed by atoms with Crippen LogP contribution in [0.3, 0.4) is 0 Å². The molecule has 0 saturated heterocycles. The number of benzene rings is 3. The molecule has 1 amide bonds. The number of nitrogens with zero attached hydrogens (tertiary/aromatic N) is 1. The van der Waals surface area contributed by atoms with Crippen molar-refractivity contribution in [1.29, 1.82) is 5.26 Å². The number of hydrogen-bond acceptors (Lipinski definition) is 6. The Morgan fingerprint density at radius 2 is 1.75 bits per heavy atom. The van der Waals surface area contributed by atoms with E-state index in [0.717, 1.165) is 18.2 Å². The fourth-order valence-electron chi connectivity index (χ4n) is 2.90. The van der Waals surface area contributed by atoms with Gasteiger partial charge in [0.15, 0.2) is 11.5 Å². The van der Waals surface area contributed by atoms with Crippen LogP contribution in [0.4, 0.5) is 18.9 Å². The summed E-state index contributed by atoms with van der Waals surface area (Å²) >= 11 is 5.89. The molecule has 1 N–H and O–H groups in total. The lowest BCUT2D eigenvalue weighted by Gasteiger charge is -2.12. The minimum Gasteiger partial charge on any atom is -0.493 e. The molecule has 0 aliphatic rings. The average Bonchev–Trinajstić information content (AvgIpc) is 2.83. The largest absolute Gasteiger partial charge is 0.493 e. The molecule has 3 aromatic carbocycles. The highest BCUT2D eigenvalue weighted by molar-refractivity contribution is 7.87. The fourth-order valence-corrected chi connectivity index (χ4v) is 4.02. The molecule has 12 heteroatoms. The van der Waals surface area contributed by atoms with Crippen molar-refractivity contribution in [3.8, 4) is 17.6 Å². The SMILES string of the molecule is COc1ccc(/C=C(\C#N)C(=O)Nc2cc(C(F)(F)F)ccc2Cl)cc1OS(=O)(=O)c1ccccc1. The number of alkyl halides is 3. The zero-order valence-corrected chi connectivity index (χ0v) is 19.9. The summed E-state index contributed by atoms with van der Waals surface area (Å²) in [6, 6.07) is 15.3. The topological polar surface area (TPSA) is 105 Å². The average molecular weight is 537 g/mol. The first-order valence-corrected chi connectivity index (χ1v) is 11.7. The normalized spacial score (nSPS) is 11.9. The fraction of sp³-hybridized carbons (Fsp3) is 0.0833. The lowest BCUT2D eigenvalue weighted by atomic mass is 10.1. The van der Waals surface area contributed by atoms with Crippen LogP contribution in [0.1, 0.15) is 11.1 Å². The predicted molar refractivity (Wildman–Crippen MR) is 126 cm³/mol. The number of carbonyl (C=O) groups is 1. The highest BCUT2D eigenvalue weighted by atomic mass is 35.5. The minimum atomic E-state index is -4.67. The van der Waals surface area contributed by atoms with Crippen molar-refractivity contribution in [3.63, 3.8) is 0 Å². The lowest BCUT2D eigenvalue weighted by molar-refractivity contribution is -0.137. The van der Waals surface area contributed by atoms with E-state index in [1.54, 1.807) is 12.1 Å². The van der Waals surface area contributed by atoms with Crippen molar-refractivity contribution in [1.82, 2.24) is 0 Å². The van der Waals surface area contributed by atoms with Crippen LogP contribution < -0.4 is 14.2 Å². The number of methoxy groups -OCH3 is 1. The smallest absolute Gasteiger partial charge is 0.416 e. The summed E-state index contributed by atoms with van der Waals surface area (Å²) in [6.07, 6.45) is -3.57. The molecule has 0 saturated carbocycles. The second-order valence-electron chi connectivity index (χ2n) is 7.08. The van der Waals surface area contributed by atoms with E-state index in [9.17, 15) is 31.6 Å². The van der Waals surface area contributed by atoms with Gasteiger partial charge >= 0.3 is 16.3 Å². The third-order valence-corrected chi connectivity index (χ3v) is 6.22. The second-order valence-corrected chi connectivity index (χ2v) is 9.03. The Bertz CT molecular complexity index is 1470. The van der Waals surface area contributed by atoms with Gasteiger partial charge in [-0.15, -0.1) is 0 Å². The van der Waals surface area contributed by atoms with Crippen LogP contribution in [0.25, 0.3) is 6.08 Å². The number of ether oxygens (including phenoxy) is 1. The van der Waals surface area contributed by atoms with Crippen molar-refractivity contribution < 1.29 is 35.3 Å². The van der Waals surface area contributed by atoms with E-state index in [-0.39, 0.29) is 32.7 Å². The zero-order valence-electron chi connectivity index (χ0n) is 18.3. The van der Waals surface area contributed by atoms with Gasteiger partial charge in [0.1, 0.15) is 16.5 Å². The Kier molecular flexibility index (Phi) is 7.92. The lowest BCUT2D eigenvalue weighted by Crippen LogP contribution is -2.15. The van der Waals surface area contributed by atoms with Gasteiger partial charge in [-0.1, -0.05) is 35.9 Å². The third-order valence-electron chi connectivity index (χ3n) is 4.64. The zero-order chi connectivity index (χ0) is 26.5. The van der Waals surface area contributed by atoms with Crippen molar-refractivity contribution in [2.75, 3.05) is 12.4 Å². The van der Waals surface area contributed by atoms with Crippen molar-refractivity contribution in [3.05, 3.63) is 88.5 Å². The van der Waals surface area contributed by atoms with Crippen molar-refractivity contribution >= 4 is 39.4 Å². The van der Waals surface area contributed by atoms with Gasteiger partial charge in [-0.25, -0.2) is 0 Å². The molecule has 36 heavy (non-hydrogen) atoms. The van der Waals surface area contributed by atoms with E-state index >= 15 is 0 Å². The number of carbonyl (C=O) groups excluding carboxylic acids is 1. The maximum Gasteiger partial charge on any atom is 0.416 e. The van der Waals surface area contributed by atoms with Gasteiger partial charge in [0, 0.05) is 0 Å². The Morgan fingerprint density at radius 3 is 2.36 bits per heavy atom. The van der Waals surface area contributed by atoms with Crippen LogP contribution in [-0.2, 0) is 21.1 Å². The highest BCUT2D eigenvalue weighted by Gasteiger charge is 2.31. The molecule has 0 aliphatic carbocycles. The summed E-state index contributed by atoms with van der Waals surface area (Å²) in [5.74, 6) is -1.19. The summed E-state index contributed by atoms with van der Waals surface area (Å²) in [5.41, 5.74) is -1.70. The first-order chi connectivity index (χ1) is 16.9. The van der Waals surface area contributed by atoms with Crippen LogP contribution in [-0.4, -0.2) is 21.4 Å². The van der Waals surface area contributed by atoms with Gasteiger partial charge in [0.05, 0.1) is 23.4 Å². The first kappa shape index (κ1) is 26.6. The second kappa shape index (κ2) is 10.7. The quantitative estimate of drug-likeness (QED) is 0.236. The molecule has 0 spiro atoms. The monoisotopic (exact) mass is 536 g/mol.